The second-order valence-corrected chi connectivity index (χ2v) is 6.05. The fraction of sp³-hybridized carbons (Fsp3) is 0.0435. The lowest BCUT2D eigenvalue weighted by Gasteiger charge is -2.12. The van der Waals surface area contributed by atoms with E-state index in [1.807, 2.05) is 12.2 Å². The Kier molecular flexibility index (Phi) is 3.35. The van der Waals surface area contributed by atoms with Crippen molar-refractivity contribution in [2.45, 2.75) is 6.92 Å². The lowest BCUT2D eigenvalue weighted by Crippen LogP contribution is -1.96. The summed E-state index contributed by atoms with van der Waals surface area (Å²) in [7, 11) is 0. The second-order valence-electron chi connectivity index (χ2n) is 6.05. The third kappa shape index (κ3) is 2.02. The number of aryl methyl sites for hydroxylation is 1. The Labute approximate surface area is 142 Å². The van der Waals surface area contributed by atoms with Crippen LogP contribution in [0, 0.1) is 6.92 Å². The molecular weight excluding hydrogens is 290 g/mol. The van der Waals surface area contributed by atoms with E-state index >= 15 is 0 Å². The van der Waals surface area contributed by atoms with Crippen LogP contribution < -0.4 is 0 Å². The van der Waals surface area contributed by atoms with Crippen molar-refractivity contribution < 1.29 is 0 Å². The lowest BCUT2D eigenvalue weighted by atomic mass is 10.1. The second kappa shape index (κ2) is 5.54. The van der Waals surface area contributed by atoms with Crippen molar-refractivity contribution in [2.24, 2.45) is 0 Å². The van der Waals surface area contributed by atoms with E-state index in [0.717, 1.165) is 16.8 Å². The van der Waals surface area contributed by atoms with E-state index in [9.17, 15) is 0 Å². The molecule has 4 aromatic rings. The topological polar surface area (TPSA) is 4.93 Å². The van der Waals surface area contributed by atoms with Gasteiger partial charge in [0, 0.05) is 16.5 Å². The van der Waals surface area contributed by atoms with Gasteiger partial charge in [0.25, 0.3) is 0 Å². The third-order valence-corrected chi connectivity index (χ3v) is 4.66. The Morgan fingerprint density at radius 3 is 2.33 bits per heavy atom. The average molecular weight is 309 g/mol. The Balaban J connectivity index is 2.16. The zero-order valence-electron chi connectivity index (χ0n) is 13.8. The molecule has 0 fully saturated rings. The average Bonchev–Trinajstić information content (AvgIpc) is 2.97. The number of benzene rings is 3. The minimum Gasteiger partial charge on any atom is -0.309 e. The zero-order valence-corrected chi connectivity index (χ0v) is 13.8. The van der Waals surface area contributed by atoms with Crippen LogP contribution in [-0.2, 0) is 0 Å². The first-order valence-electron chi connectivity index (χ1n) is 8.12. The summed E-state index contributed by atoms with van der Waals surface area (Å²) in [6.07, 6.45) is 3.76. The van der Waals surface area contributed by atoms with E-state index in [0.29, 0.717) is 0 Å². The molecule has 0 bridgehead atoms. The van der Waals surface area contributed by atoms with Gasteiger partial charge in [-0.15, -0.1) is 0 Å². The van der Waals surface area contributed by atoms with Gasteiger partial charge in [-0.2, -0.15) is 0 Å². The summed E-state index contributed by atoms with van der Waals surface area (Å²) < 4.78 is 2.35. The van der Waals surface area contributed by atoms with Crippen molar-refractivity contribution in [1.82, 2.24) is 4.57 Å². The highest BCUT2D eigenvalue weighted by atomic mass is 15.0. The zero-order chi connectivity index (χ0) is 16.7. The molecule has 0 N–H and O–H groups in total. The largest absolute Gasteiger partial charge is 0.309 e. The fourth-order valence-electron chi connectivity index (χ4n) is 3.52. The molecule has 24 heavy (non-hydrogen) atoms. The highest BCUT2D eigenvalue weighted by molar-refractivity contribution is 6.10. The van der Waals surface area contributed by atoms with Gasteiger partial charge in [0.1, 0.15) is 0 Å². The van der Waals surface area contributed by atoms with E-state index in [1.54, 1.807) is 0 Å². The number of rotatable bonds is 3. The van der Waals surface area contributed by atoms with Crippen LogP contribution in [-0.4, -0.2) is 4.57 Å². The first-order chi connectivity index (χ1) is 11.7. The molecule has 0 atom stereocenters. The van der Waals surface area contributed by atoms with Gasteiger partial charge in [-0.1, -0.05) is 67.8 Å². The summed E-state index contributed by atoms with van der Waals surface area (Å²) in [5.74, 6) is 0. The molecule has 1 nitrogen and oxygen atoms in total. The Morgan fingerprint density at radius 1 is 0.792 bits per heavy atom. The fourth-order valence-corrected chi connectivity index (χ4v) is 3.52. The Hall–Kier alpha value is -3.06. The molecule has 0 unspecified atom stereocenters. The predicted octanol–water partition coefficient (Wildman–Crippen LogP) is 6.38. The Bertz CT molecular complexity index is 1100. The van der Waals surface area contributed by atoms with Gasteiger partial charge in [-0.25, -0.2) is 0 Å². The summed E-state index contributed by atoms with van der Waals surface area (Å²) in [6, 6.07) is 21.5. The molecule has 1 heterocycles. The quantitative estimate of drug-likeness (QED) is 0.414. The summed E-state index contributed by atoms with van der Waals surface area (Å²) in [5, 5.41) is 2.57. The van der Waals surface area contributed by atoms with Crippen LogP contribution >= 0.6 is 0 Å². The van der Waals surface area contributed by atoms with Crippen LogP contribution in [0.3, 0.4) is 0 Å². The molecule has 116 valence electrons. The van der Waals surface area contributed by atoms with Gasteiger partial charge in [0.2, 0.25) is 0 Å². The molecule has 0 saturated carbocycles. The summed E-state index contributed by atoms with van der Waals surface area (Å²) in [5.41, 5.74) is 7.11. The molecule has 1 aromatic heterocycles. The number of para-hydroxylation sites is 2. The maximum absolute atomic E-state index is 3.95. The minimum absolute atomic E-state index is 1.10. The van der Waals surface area contributed by atoms with E-state index < -0.39 is 0 Å². The number of aromatic nitrogens is 1. The molecule has 0 aliphatic carbocycles. The van der Waals surface area contributed by atoms with Gasteiger partial charge < -0.3 is 4.57 Å². The maximum atomic E-state index is 3.95. The monoisotopic (exact) mass is 309 g/mol. The van der Waals surface area contributed by atoms with E-state index in [1.165, 1.54) is 27.4 Å². The van der Waals surface area contributed by atoms with Gasteiger partial charge >= 0.3 is 0 Å². The van der Waals surface area contributed by atoms with E-state index in [-0.39, 0.29) is 0 Å². The molecule has 3 aromatic carbocycles. The third-order valence-electron chi connectivity index (χ3n) is 4.66. The molecular formula is C23H19N. The number of nitrogens with zero attached hydrogens (tertiary/aromatic N) is 1. The predicted molar refractivity (Wildman–Crippen MR) is 106 cm³/mol. The molecule has 0 aliphatic rings. The van der Waals surface area contributed by atoms with Crippen LogP contribution in [0.15, 0.2) is 73.8 Å². The summed E-state index contributed by atoms with van der Waals surface area (Å²) >= 11 is 0. The maximum Gasteiger partial charge on any atom is 0.0570 e. The van der Waals surface area contributed by atoms with Crippen molar-refractivity contribution >= 4 is 34.0 Å². The smallest absolute Gasteiger partial charge is 0.0570 e. The van der Waals surface area contributed by atoms with Gasteiger partial charge in [-0.3, -0.25) is 0 Å². The summed E-state index contributed by atoms with van der Waals surface area (Å²) in [4.78, 5) is 0. The van der Waals surface area contributed by atoms with Crippen LogP contribution in [0.25, 0.3) is 39.6 Å². The molecule has 0 saturated heterocycles. The number of hydrogen-bond acceptors (Lipinski definition) is 0. The van der Waals surface area contributed by atoms with Crippen molar-refractivity contribution in [1.29, 1.82) is 0 Å². The van der Waals surface area contributed by atoms with Crippen LogP contribution in [0.1, 0.15) is 16.7 Å². The molecule has 1 heteroatoms. The summed E-state index contributed by atoms with van der Waals surface area (Å²) in [6.45, 7) is 10.0. The van der Waals surface area contributed by atoms with Crippen molar-refractivity contribution in [3.05, 3.63) is 90.5 Å². The number of hydrogen-bond donors (Lipinski definition) is 0. The number of fused-ring (bicyclic) bond motifs is 3. The van der Waals surface area contributed by atoms with Gasteiger partial charge in [0.15, 0.2) is 0 Å². The van der Waals surface area contributed by atoms with Crippen molar-refractivity contribution in [2.75, 3.05) is 0 Å². The van der Waals surface area contributed by atoms with Gasteiger partial charge in [-0.05, 0) is 41.8 Å². The van der Waals surface area contributed by atoms with E-state index in [4.69, 9.17) is 0 Å². The highest BCUT2D eigenvalue weighted by Gasteiger charge is 2.13. The first-order valence-corrected chi connectivity index (χ1v) is 8.12. The lowest BCUT2D eigenvalue weighted by molar-refractivity contribution is 1.17. The van der Waals surface area contributed by atoms with Crippen molar-refractivity contribution in [3.8, 4) is 5.69 Å². The molecule has 4 rings (SSSR count). The van der Waals surface area contributed by atoms with Gasteiger partial charge in [0.05, 0.1) is 11.0 Å². The molecule has 0 radical (unpaired) electrons. The van der Waals surface area contributed by atoms with Crippen LogP contribution in [0.5, 0.6) is 0 Å². The van der Waals surface area contributed by atoms with Crippen molar-refractivity contribution in [3.63, 3.8) is 0 Å². The standard InChI is InChI=1S/C23H19N/c1-4-17-13-14-19(15-18(17)5-2)24-22-12-7-6-10-20(22)21-11-8-9-16(3)23(21)24/h4-15H,1-2H2,3H3. The minimum atomic E-state index is 1.10. The first kappa shape index (κ1) is 14.5. The molecule has 0 amide bonds. The normalized spacial score (nSPS) is 11.0. The van der Waals surface area contributed by atoms with E-state index in [2.05, 4.69) is 85.3 Å². The van der Waals surface area contributed by atoms with Crippen LogP contribution in [0.4, 0.5) is 0 Å². The van der Waals surface area contributed by atoms with Crippen LogP contribution in [0.2, 0.25) is 0 Å². The molecule has 0 spiro atoms. The Morgan fingerprint density at radius 2 is 1.54 bits per heavy atom. The SMILES string of the molecule is C=Cc1ccc(-n2c3ccccc3c3cccc(C)c32)cc1C=C. The molecule has 0 aliphatic heterocycles. The highest BCUT2D eigenvalue weighted by Crippen LogP contribution is 2.34.